The van der Waals surface area contributed by atoms with E-state index in [9.17, 15) is 28.4 Å². The van der Waals surface area contributed by atoms with Gasteiger partial charge in [-0.25, -0.2) is 24.0 Å². The largest absolute Gasteiger partial charge is 0.462 e. The van der Waals surface area contributed by atoms with Gasteiger partial charge in [-0.1, -0.05) is 62.4 Å². The van der Waals surface area contributed by atoms with E-state index in [0.717, 1.165) is 12.2 Å². The smallest absolute Gasteiger partial charge is 0.338 e. The van der Waals surface area contributed by atoms with Crippen molar-refractivity contribution in [3.05, 3.63) is 162 Å². The summed E-state index contributed by atoms with van der Waals surface area (Å²) in [6, 6.07) is 21.3. The highest BCUT2D eigenvalue weighted by atomic mass is 19.1. The predicted molar refractivity (Wildman–Crippen MR) is 226 cm³/mol. The maximum Gasteiger partial charge on any atom is 0.338 e. The Hall–Kier alpha value is -7.58. The fraction of sp³-hybridized carbons (Fsp3) is 0.163. The van der Waals surface area contributed by atoms with Gasteiger partial charge in [0.1, 0.15) is 23.0 Å². The molecule has 0 unspecified atom stereocenters. The Morgan fingerprint density at radius 1 is 0.667 bits per heavy atom. The fourth-order valence-electron chi connectivity index (χ4n) is 5.48. The van der Waals surface area contributed by atoms with Crippen LogP contribution in [0.25, 0.3) is 16.7 Å². The lowest BCUT2D eigenvalue weighted by Gasteiger charge is -2.21. The predicted octanol–water partition coefficient (Wildman–Crippen LogP) is 8.99. The van der Waals surface area contributed by atoms with Gasteiger partial charge in [-0.05, 0) is 110 Å². The second kappa shape index (κ2) is 21.8. The molecule has 306 valence electrons. The molecule has 0 aliphatic heterocycles. The van der Waals surface area contributed by atoms with Crippen molar-refractivity contribution in [2.45, 2.75) is 40.0 Å². The van der Waals surface area contributed by atoms with Crippen LogP contribution in [-0.2, 0) is 41.6 Å². The zero-order chi connectivity index (χ0) is 43.8. The van der Waals surface area contributed by atoms with Crippen LogP contribution in [0.15, 0.2) is 135 Å². The number of benzene rings is 4. The van der Waals surface area contributed by atoms with Crippen LogP contribution in [0, 0.1) is 11.8 Å². The first-order valence-electron chi connectivity index (χ1n) is 18.6. The second-order valence-electron chi connectivity index (χ2n) is 13.2. The van der Waals surface area contributed by atoms with Gasteiger partial charge in [-0.15, -0.1) is 0 Å². The second-order valence-corrected chi connectivity index (χ2v) is 13.2. The molecule has 4 aromatic carbocycles. The minimum atomic E-state index is -0.769. The number of rotatable bonds is 17. The average Bonchev–Trinajstić information content (AvgIpc) is 3.23. The van der Waals surface area contributed by atoms with E-state index < -0.39 is 36.5 Å². The zero-order valence-corrected chi connectivity index (χ0v) is 33.6. The highest BCUT2D eigenvalue weighted by molar-refractivity contribution is 5.93. The van der Waals surface area contributed by atoms with Crippen LogP contribution in [0.4, 0.5) is 4.39 Å². The van der Waals surface area contributed by atoms with Gasteiger partial charge in [-0.2, -0.15) is 0 Å². The lowest BCUT2D eigenvalue weighted by Crippen LogP contribution is -2.12. The van der Waals surface area contributed by atoms with E-state index in [1.54, 1.807) is 85.8 Å². The van der Waals surface area contributed by atoms with E-state index >= 15 is 0 Å². The first-order chi connectivity index (χ1) is 28.7. The zero-order valence-electron chi connectivity index (χ0n) is 33.6. The summed E-state index contributed by atoms with van der Waals surface area (Å²) in [6.45, 7) is 18.2. The fourth-order valence-corrected chi connectivity index (χ4v) is 5.48. The minimum absolute atomic E-state index is 0.0626. The SMILES string of the molecule is C=CC(=O)Oc1ccc(C(C)=CC(=O)Oc2ccc(C#Cc3cc(CCOC(=O)C(=C)C)c(-c4ccc(OC(=O)C(=C)C)cc4)c(OC(=O)C=C)c3CCCF)cc2)cc1. The van der Waals surface area contributed by atoms with Gasteiger partial charge in [-0.3, -0.25) is 4.39 Å². The number of carbonyl (C=O) groups is 5. The Balaban J connectivity index is 1.71. The molecular formula is C49H43FO10. The van der Waals surface area contributed by atoms with Gasteiger partial charge in [0.25, 0.3) is 0 Å². The molecule has 0 aliphatic rings. The summed E-state index contributed by atoms with van der Waals surface area (Å²) >= 11 is 0. The van der Waals surface area contributed by atoms with Crippen molar-refractivity contribution >= 4 is 35.4 Å². The number of halogens is 1. The molecule has 60 heavy (non-hydrogen) atoms. The van der Waals surface area contributed by atoms with E-state index in [-0.39, 0.29) is 54.3 Å². The Morgan fingerprint density at radius 3 is 1.80 bits per heavy atom. The Bertz CT molecular complexity index is 2410. The molecule has 10 nitrogen and oxygen atoms in total. The van der Waals surface area contributed by atoms with Gasteiger partial charge in [0.15, 0.2) is 0 Å². The molecule has 11 heteroatoms. The number of esters is 5. The minimum Gasteiger partial charge on any atom is -0.462 e. The standard InChI is InChI=1S/C49H43FO10/c1-8-43(51)57-40-22-16-35(17-23-40)33(7)29-45(53)58-39-20-13-34(14-21-39)12-15-37-30-38(26-28-56-48(54)31(3)4)46(47(60-44(52)9-2)42(37)11-10-27-50)36-18-24-41(25-19-36)59-49(55)32(5)6/h8-9,13-14,16-25,29-30H,1-3,5,10-11,26-28H2,4,6-7H3. The van der Waals surface area contributed by atoms with Crippen molar-refractivity contribution in [3.63, 3.8) is 0 Å². The van der Waals surface area contributed by atoms with Gasteiger partial charge in [0, 0.05) is 58.0 Å². The molecule has 4 aromatic rings. The number of hydrogen-bond acceptors (Lipinski definition) is 10. The van der Waals surface area contributed by atoms with Crippen molar-refractivity contribution in [3.8, 4) is 46.0 Å². The van der Waals surface area contributed by atoms with E-state index in [2.05, 4.69) is 38.2 Å². The van der Waals surface area contributed by atoms with Crippen LogP contribution < -0.4 is 18.9 Å². The summed E-state index contributed by atoms with van der Waals surface area (Å²) in [6.07, 6.45) is 3.78. The number of hydrogen-bond donors (Lipinski definition) is 0. The third-order valence-corrected chi connectivity index (χ3v) is 8.49. The van der Waals surface area contributed by atoms with E-state index in [4.69, 9.17) is 23.7 Å². The number of ether oxygens (including phenoxy) is 5. The molecule has 0 amide bonds. The lowest BCUT2D eigenvalue weighted by atomic mass is 9.89. The summed E-state index contributed by atoms with van der Waals surface area (Å²) in [5.74, 6) is 4.04. The molecule has 4 rings (SSSR count). The molecule has 0 saturated heterocycles. The summed E-state index contributed by atoms with van der Waals surface area (Å²) in [5, 5.41) is 0. The maximum atomic E-state index is 13.8. The van der Waals surface area contributed by atoms with Crippen LogP contribution in [0.2, 0.25) is 0 Å². The third-order valence-electron chi connectivity index (χ3n) is 8.49. The molecule has 0 heterocycles. The van der Waals surface area contributed by atoms with E-state index in [0.29, 0.717) is 50.3 Å². The van der Waals surface area contributed by atoms with Crippen molar-refractivity contribution in [1.29, 1.82) is 0 Å². The lowest BCUT2D eigenvalue weighted by molar-refractivity contribution is -0.139. The molecule has 0 saturated carbocycles. The molecule has 0 fully saturated rings. The first kappa shape index (κ1) is 45.1. The Morgan fingerprint density at radius 2 is 1.22 bits per heavy atom. The van der Waals surface area contributed by atoms with Crippen molar-refractivity contribution in [2.75, 3.05) is 13.3 Å². The molecule has 0 atom stereocenters. The van der Waals surface area contributed by atoms with E-state index in [1.165, 1.54) is 19.9 Å². The van der Waals surface area contributed by atoms with Gasteiger partial charge in [0.2, 0.25) is 0 Å². The number of carbonyl (C=O) groups excluding carboxylic acids is 5. The molecule has 0 bridgehead atoms. The van der Waals surface area contributed by atoms with Gasteiger partial charge < -0.3 is 23.7 Å². The van der Waals surface area contributed by atoms with Crippen molar-refractivity contribution in [1.82, 2.24) is 0 Å². The molecule has 0 aliphatic carbocycles. The normalized spacial score (nSPS) is 10.6. The molecule has 0 N–H and O–H groups in total. The van der Waals surface area contributed by atoms with Crippen molar-refractivity contribution < 1.29 is 52.0 Å². The molecule has 0 radical (unpaired) electrons. The summed E-state index contributed by atoms with van der Waals surface area (Å²) in [7, 11) is 0. The van der Waals surface area contributed by atoms with Crippen LogP contribution in [0.3, 0.4) is 0 Å². The Labute approximate surface area is 348 Å². The number of alkyl halides is 1. The van der Waals surface area contributed by atoms with Crippen LogP contribution in [0.1, 0.15) is 55.0 Å². The van der Waals surface area contributed by atoms with Crippen molar-refractivity contribution in [2.24, 2.45) is 0 Å². The van der Waals surface area contributed by atoms with E-state index in [1.807, 2.05) is 0 Å². The maximum absolute atomic E-state index is 13.8. The molecule has 0 aromatic heterocycles. The van der Waals surface area contributed by atoms with Gasteiger partial charge in [0.05, 0.1) is 13.3 Å². The summed E-state index contributed by atoms with van der Waals surface area (Å²) in [5.41, 5.74) is 4.77. The number of allylic oxidation sites excluding steroid dienone is 1. The Kier molecular flexibility index (Phi) is 16.4. The third kappa shape index (κ3) is 13.0. The van der Waals surface area contributed by atoms with Crippen LogP contribution in [-0.4, -0.2) is 43.1 Å². The van der Waals surface area contributed by atoms with Crippen LogP contribution in [0.5, 0.6) is 23.0 Å². The molecular weight excluding hydrogens is 768 g/mol. The quantitative estimate of drug-likeness (QED) is 0.0441. The molecule has 0 spiro atoms. The first-order valence-corrected chi connectivity index (χ1v) is 18.6. The highest BCUT2D eigenvalue weighted by Gasteiger charge is 2.23. The summed E-state index contributed by atoms with van der Waals surface area (Å²) < 4.78 is 41.0. The van der Waals surface area contributed by atoms with Gasteiger partial charge >= 0.3 is 29.8 Å². The topological polar surface area (TPSA) is 132 Å². The monoisotopic (exact) mass is 810 g/mol. The van der Waals surface area contributed by atoms with Crippen LogP contribution >= 0.6 is 0 Å². The highest BCUT2D eigenvalue weighted by Crippen LogP contribution is 2.41. The average molecular weight is 811 g/mol. The summed E-state index contributed by atoms with van der Waals surface area (Å²) in [4.78, 5) is 61.5.